The van der Waals surface area contributed by atoms with Gasteiger partial charge in [0.1, 0.15) is 0 Å². The number of methoxy groups -OCH3 is 1. The Morgan fingerprint density at radius 1 is 0.800 bits per heavy atom. The SMILES string of the molecule is [2H]C([2H])([2H])C([2H])([2H])C([2H])([2H])C([2H])([2H])C([2H])([2H])C([2H])([2H])C([2H])([2H])C([2H])([2H])C([2H])([2H])C([2H])([2H])C([2H])([2H])C([2H])([2H])C([2H])([2H])C([2H])([2H])C([2H])([2H])C([2H])([2H])C(=O)OC. The highest BCUT2D eigenvalue weighted by atomic mass is 16.5. The number of ether oxygens (including phenoxy) is 1. The number of carbonyl (C=O) groups excluding carboxylic acids is 1. The van der Waals surface area contributed by atoms with E-state index in [0.717, 1.165) is 0 Å². The first-order valence-corrected chi connectivity index (χ1v) is 4.82. The van der Waals surface area contributed by atoms with E-state index in [-0.39, 0.29) is 0 Å². The fraction of sp³-hybridized carbons (Fsp3) is 0.944. The van der Waals surface area contributed by atoms with Crippen molar-refractivity contribution in [3.05, 3.63) is 0 Å². The molecule has 0 aliphatic heterocycles. The van der Waals surface area contributed by atoms with Gasteiger partial charge in [0.2, 0.25) is 0 Å². The Morgan fingerprint density at radius 3 is 1.60 bits per heavy atom. The van der Waals surface area contributed by atoms with Crippen LogP contribution in [0.2, 0.25) is 0 Å². The summed E-state index contributed by atoms with van der Waals surface area (Å²) in [6, 6.07) is 0. The predicted octanol–water partition coefficient (Wildman–Crippen LogP) is 6.03. The summed E-state index contributed by atoms with van der Waals surface area (Å²) in [7, 11) is 0.481. The molecule has 0 heterocycles. The van der Waals surface area contributed by atoms with Crippen molar-refractivity contribution in [2.45, 2.75) is 102 Å². The van der Waals surface area contributed by atoms with Crippen LogP contribution in [0.25, 0.3) is 0 Å². The summed E-state index contributed by atoms with van der Waals surface area (Å²) < 4.78 is 266. The van der Waals surface area contributed by atoms with E-state index in [1.807, 2.05) is 0 Å². The van der Waals surface area contributed by atoms with Crippen molar-refractivity contribution in [2.75, 3.05) is 7.11 Å². The van der Waals surface area contributed by atoms with Crippen molar-refractivity contribution >= 4 is 5.97 Å². The summed E-state index contributed by atoms with van der Waals surface area (Å²) in [5, 5.41) is 0. The van der Waals surface area contributed by atoms with Gasteiger partial charge in [-0.25, -0.2) is 0 Å². The van der Waals surface area contributed by atoms with E-state index in [0.29, 0.717) is 7.11 Å². The second-order valence-electron chi connectivity index (χ2n) is 2.37. The topological polar surface area (TPSA) is 26.3 Å². The third kappa shape index (κ3) is 15.5. The van der Waals surface area contributed by atoms with Gasteiger partial charge in [0.25, 0.3) is 0 Å². The molecule has 2 heteroatoms. The molecule has 20 heavy (non-hydrogen) atoms. The fourth-order valence-corrected chi connectivity index (χ4v) is 0.508. The molecule has 0 aliphatic carbocycles. The van der Waals surface area contributed by atoms with Gasteiger partial charge in [-0.15, -0.1) is 0 Å². The largest absolute Gasteiger partial charge is 0.469 e. The highest BCUT2D eigenvalue weighted by Gasteiger charge is 1.99. The Kier molecular flexibility index (Phi) is 2.07. The minimum absolute atomic E-state index is 0.481. The third-order valence-electron chi connectivity index (χ3n) is 1.16. The average molecular weight is 318 g/mol. The van der Waals surface area contributed by atoms with Crippen LogP contribution in [0, 0.1) is 0 Å². The quantitative estimate of drug-likeness (QED) is 0.345. The molecule has 0 fully saturated rings. The minimum Gasteiger partial charge on any atom is -0.469 e. The summed E-state index contributed by atoms with van der Waals surface area (Å²) in [6.07, 6.45) is -73.3. The molecule has 0 aromatic heterocycles. The van der Waals surface area contributed by atoms with Crippen LogP contribution < -0.4 is 0 Å². The van der Waals surface area contributed by atoms with Crippen molar-refractivity contribution in [1.29, 1.82) is 0 Å². The lowest BCUT2D eigenvalue weighted by atomic mass is 10.0. The molecule has 0 radical (unpaired) electrons. The maximum Gasteiger partial charge on any atom is 0.305 e. The molecule has 0 spiro atoms. The molecule has 0 aromatic rings. The van der Waals surface area contributed by atoms with Gasteiger partial charge in [-0.1, -0.05) is 89.7 Å². The second-order valence-corrected chi connectivity index (χ2v) is 2.37. The van der Waals surface area contributed by atoms with Gasteiger partial charge in [0.15, 0.2) is 0 Å². The molecule has 120 valence electrons. The van der Waals surface area contributed by atoms with Crippen molar-refractivity contribution in [1.82, 2.24) is 0 Å². The van der Waals surface area contributed by atoms with Crippen LogP contribution in [0.15, 0.2) is 0 Å². The molecule has 0 saturated heterocycles. The second kappa shape index (κ2) is 16.5. The summed E-state index contributed by atoms with van der Waals surface area (Å²) in [6.45, 7) is -4.12. The Bertz CT molecular complexity index is 1360. The molecule has 0 aromatic carbocycles. The lowest BCUT2D eigenvalue weighted by Crippen LogP contribution is -1.99. The van der Waals surface area contributed by atoms with Gasteiger partial charge in [-0.05, 0) is 6.37 Å². The number of esters is 1. The van der Waals surface area contributed by atoms with Crippen molar-refractivity contribution in [3.63, 3.8) is 0 Å². The summed E-state index contributed by atoms with van der Waals surface area (Å²) >= 11 is 0. The third-order valence-corrected chi connectivity index (χ3v) is 1.16. The minimum atomic E-state index is -5.18. The maximum absolute atomic E-state index is 11.9. The van der Waals surface area contributed by atoms with Crippen LogP contribution in [-0.4, -0.2) is 13.1 Å². The molecule has 0 saturated carbocycles. The fourth-order valence-electron chi connectivity index (χ4n) is 0.508. The summed E-state index contributed by atoms with van der Waals surface area (Å²) in [5.74, 6) is -2.20. The van der Waals surface area contributed by atoms with Crippen LogP contribution in [0.5, 0.6) is 0 Å². The van der Waals surface area contributed by atoms with Gasteiger partial charge in [0.05, 0.1) is 7.11 Å². The molecule has 0 aliphatic rings. The van der Waals surface area contributed by atoms with E-state index in [1.165, 1.54) is 0 Å². The Balaban J connectivity index is 7.76. The lowest BCUT2D eigenvalue weighted by molar-refractivity contribution is -0.140. The Hall–Kier alpha value is -0.530. The van der Waals surface area contributed by atoms with E-state index >= 15 is 0 Å². The van der Waals surface area contributed by atoms with E-state index in [9.17, 15) is 4.79 Å². The van der Waals surface area contributed by atoms with Crippen molar-refractivity contribution in [2.24, 2.45) is 0 Å². The van der Waals surface area contributed by atoms with Crippen LogP contribution in [0.1, 0.15) is 148 Å². The van der Waals surface area contributed by atoms with E-state index in [1.54, 1.807) is 0 Å². The molecule has 0 rings (SSSR count). The normalized spacial score (nSPS) is 46.5. The van der Waals surface area contributed by atoms with Gasteiger partial charge in [0, 0.05) is 51.6 Å². The highest BCUT2D eigenvalue weighted by Crippen LogP contribution is 2.13. The number of carbonyl (C=O) groups is 1. The molecule has 0 N–H and O–H groups in total. The molecule has 0 unspecified atom stereocenters. The first-order valence-electron chi connectivity index (χ1n) is 21.3. The van der Waals surface area contributed by atoms with Crippen LogP contribution in [-0.2, 0) is 9.53 Å². The lowest BCUT2D eigenvalue weighted by Gasteiger charge is -2.03. The molecular formula is C18H36O2. The van der Waals surface area contributed by atoms with Gasteiger partial charge in [-0.3, -0.25) is 4.79 Å². The average Bonchev–Trinajstić information content (AvgIpc) is 2.94. The van der Waals surface area contributed by atoms with Gasteiger partial charge >= 0.3 is 5.97 Å². The predicted molar refractivity (Wildman–Crippen MR) is 86.9 cm³/mol. The smallest absolute Gasteiger partial charge is 0.305 e. The zero-order valence-corrected chi connectivity index (χ0v) is 10.3. The highest BCUT2D eigenvalue weighted by molar-refractivity contribution is 5.68. The zero-order valence-electron chi connectivity index (χ0n) is 43.3. The molecular weight excluding hydrogens is 248 g/mol. The van der Waals surface area contributed by atoms with Crippen molar-refractivity contribution in [3.8, 4) is 0 Å². The Labute approximate surface area is 173 Å². The molecule has 0 atom stereocenters. The van der Waals surface area contributed by atoms with Crippen LogP contribution >= 0.6 is 0 Å². The van der Waals surface area contributed by atoms with E-state index in [2.05, 4.69) is 4.74 Å². The zero-order chi connectivity index (χ0) is 44.3. The molecule has 0 bridgehead atoms. The number of hydrogen-bond acceptors (Lipinski definition) is 2. The number of hydrogen-bond donors (Lipinski definition) is 0. The standard InChI is InChI=1S/C18H36O2/c1-3-4-5-6-7-8-9-10-11-12-13-14-15-16-17-18(19)20-2/h3-17H2,1-2H3/i1D3,3D2,4D2,5D2,6D2,7D2,8D2,9D2,10D2,11D2,12D2,13D2,14D2,15D2,16D2,17D2. The first kappa shape index (κ1) is 2.51. The molecule has 0 amide bonds. The molecule has 2 nitrogen and oxygen atoms in total. The summed E-state index contributed by atoms with van der Waals surface area (Å²) in [5.41, 5.74) is 0. The van der Waals surface area contributed by atoms with E-state index in [4.69, 9.17) is 45.2 Å². The maximum atomic E-state index is 11.9. The van der Waals surface area contributed by atoms with Gasteiger partial charge < -0.3 is 4.74 Å². The van der Waals surface area contributed by atoms with Crippen LogP contribution in [0.3, 0.4) is 0 Å². The van der Waals surface area contributed by atoms with Crippen LogP contribution in [0.4, 0.5) is 0 Å². The van der Waals surface area contributed by atoms with Crippen molar-refractivity contribution < 1.29 is 54.8 Å². The first-order chi connectivity index (χ1) is 22.2. The van der Waals surface area contributed by atoms with E-state index < -0.39 is 108 Å². The number of rotatable bonds is 15. The summed E-state index contributed by atoms with van der Waals surface area (Å²) in [4.78, 5) is 11.9. The Morgan fingerprint density at radius 2 is 1.20 bits per heavy atom. The monoisotopic (exact) mass is 317 g/mol. The van der Waals surface area contributed by atoms with Gasteiger partial charge in [-0.2, -0.15) is 0 Å².